The van der Waals surface area contributed by atoms with Crippen molar-refractivity contribution in [1.29, 1.82) is 0 Å². The van der Waals surface area contributed by atoms with Gasteiger partial charge in [-0.05, 0) is 26.1 Å². The molecule has 0 aliphatic rings. The highest BCUT2D eigenvalue weighted by Gasteiger charge is 2.10. The monoisotopic (exact) mass is 263 g/mol. The molecule has 1 atom stereocenters. The Balaban J connectivity index is 2.04. The first-order valence-corrected chi connectivity index (χ1v) is 6.18. The number of nitrogens with one attached hydrogen (secondary N) is 1. The number of halogens is 1. The number of aryl methyl sites for hydroxylation is 1. The standard InChI is InChI=1S/C14H18FN3O/c1-10(16-2)13-5-4-12(8-14(13)15)19-9-11-6-7-18(3)17-11/h4-8,10,16H,9H2,1-3H3. The van der Waals surface area contributed by atoms with Crippen LogP contribution >= 0.6 is 0 Å². The van der Waals surface area contributed by atoms with Gasteiger partial charge in [-0.15, -0.1) is 0 Å². The highest BCUT2D eigenvalue weighted by molar-refractivity contribution is 5.30. The van der Waals surface area contributed by atoms with Gasteiger partial charge in [0.1, 0.15) is 18.2 Å². The molecular formula is C14H18FN3O. The molecule has 4 nitrogen and oxygen atoms in total. The Labute approximate surface area is 112 Å². The molecule has 1 N–H and O–H groups in total. The summed E-state index contributed by atoms with van der Waals surface area (Å²) >= 11 is 0. The van der Waals surface area contributed by atoms with E-state index >= 15 is 0 Å². The summed E-state index contributed by atoms with van der Waals surface area (Å²) in [7, 11) is 3.65. The second kappa shape index (κ2) is 5.84. The van der Waals surface area contributed by atoms with Gasteiger partial charge in [0.25, 0.3) is 0 Å². The third kappa shape index (κ3) is 3.32. The summed E-state index contributed by atoms with van der Waals surface area (Å²) < 4.78 is 21.1. The molecule has 1 heterocycles. The predicted molar refractivity (Wildman–Crippen MR) is 71.4 cm³/mol. The van der Waals surface area contributed by atoms with Gasteiger partial charge < -0.3 is 10.1 Å². The van der Waals surface area contributed by atoms with Gasteiger partial charge in [-0.1, -0.05) is 6.07 Å². The van der Waals surface area contributed by atoms with E-state index in [0.717, 1.165) is 5.69 Å². The van der Waals surface area contributed by atoms with Gasteiger partial charge in [-0.25, -0.2) is 4.39 Å². The highest BCUT2D eigenvalue weighted by Crippen LogP contribution is 2.22. The van der Waals surface area contributed by atoms with Gasteiger partial charge in [0, 0.05) is 30.9 Å². The van der Waals surface area contributed by atoms with Crippen LogP contribution in [0, 0.1) is 5.82 Å². The molecule has 2 aromatic rings. The van der Waals surface area contributed by atoms with Crippen LogP contribution in [-0.2, 0) is 13.7 Å². The van der Waals surface area contributed by atoms with E-state index in [1.165, 1.54) is 6.07 Å². The summed E-state index contributed by atoms with van der Waals surface area (Å²) in [6.45, 7) is 2.24. The van der Waals surface area contributed by atoms with Crippen LogP contribution in [0.1, 0.15) is 24.2 Å². The lowest BCUT2D eigenvalue weighted by molar-refractivity contribution is 0.298. The maximum atomic E-state index is 13.9. The molecule has 0 bridgehead atoms. The lowest BCUT2D eigenvalue weighted by Crippen LogP contribution is -2.13. The zero-order chi connectivity index (χ0) is 13.8. The SMILES string of the molecule is CNC(C)c1ccc(OCc2ccn(C)n2)cc1F. The van der Waals surface area contributed by atoms with Crippen LogP contribution in [0.2, 0.25) is 0 Å². The molecule has 2 rings (SSSR count). The van der Waals surface area contributed by atoms with Gasteiger partial charge in [-0.3, -0.25) is 4.68 Å². The van der Waals surface area contributed by atoms with Gasteiger partial charge >= 0.3 is 0 Å². The Hall–Kier alpha value is -1.88. The van der Waals surface area contributed by atoms with Crippen LogP contribution in [0.4, 0.5) is 4.39 Å². The minimum absolute atomic E-state index is 0.0233. The molecule has 1 aromatic heterocycles. The molecule has 1 unspecified atom stereocenters. The predicted octanol–water partition coefficient (Wildman–Crippen LogP) is 2.42. The van der Waals surface area contributed by atoms with E-state index in [4.69, 9.17) is 4.74 Å². The molecule has 5 heteroatoms. The maximum absolute atomic E-state index is 13.9. The quantitative estimate of drug-likeness (QED) is 0.900. The fourth-order valence-corrected chi connectivity index (χ4v) is 1.80. The molecule has 0 aliphatic carbocycles. The van der Waals surface area contributed by atoms with Gasteiger partial charge in [0.15, 0.2) is 0 Å². The first-order valence-electron chi connectivity index (χ1n) is 6.18. The Morgan fingerprint density at radius 1 is 1.42 bits per heavy atom. The number of hydrogen-bond acceptors (Lipinski definition) is 3. The fraction of sp³-hybridized carbons (Fsp3) is 0.357. The van der Waals surface area contributed by atoms with Crippen molar-refractivity contribution in [2.75, 3.05) is 7.05 Å². The Morgan fingerprint density at radius 2 is 2.21 bits per heavy atom. The lowest BCUT2D eigenvalue weighted by atomic mass is 10.1. The van der Waals surface area contributed by atoms with Crippen molar-refractivity contribution in [2.24, 2.45) is 7.05 Å². The second-order valence-corrected chi connectivity index (χ2v) is 4.46. The highest BCUT2D eigenvalue weighted by atomic mass is 19.1. The summed E-state index contributed by atoms with van der Waals surface area (Å²) in [4.78, 5) is 0. The molecule has 1 aromatic carbocycles. The third-order valence-electron chi connectivity index (χ3n) is 3.03. The topological polar surface area (TPSA) is 39.1 Å². The van der Waals surface area contributed by atoms with Gasteiger partial charge in [-0.2, -0.15) is 5.10 Å². The molecule has 0 spiro atoms. The first kappa shape index (κ1) is 13.5. The number of ether oxygens (including phenoxy) is 1. The zero-order valence-electron chi connectivity index (χ0n) is 11.4. The van der Waals surface area contributed by atoms with Crippen LogP contribution in [-0.4, -0.2) is 16.8 Å². The molecule has 19 heavy (non-hydrogen) atoms. The van der Waals surface area contributed by atoms with Gasteiger partial charge in [0.2, 0.25) is 0 Å². The van der Waals surface area contributed by atoms with Crippen molar-refractivity contribution >= 4 is 0 Å². The average Bonchev–Trinajstić information content (AvgIpc) is 2.81. The Bertz CT molecular complexity index is 553. The zero-order valence-corrected chi connectivity index (χ0v) is 11.4. The van der Waals surface area contributed by atoms with Crippen LogP contribution in [0.5, 0.6) is 5.75 Å². The molecule has 0 aliphatic heterocycles. The first-order chi connectivity index (χ1) is 9.10. The summed E-state index contributed by atoms with van der Waals surface area (Å²) in [6.07, 6.45) is 1.84. The van der Waals surface area contributed by atoms with Crippen LogP contribution in [0.3, 0.4) is 0 Å². The van der Waals surface area contributed by atoms with E-state index < -0.39 is 0 Å². The lowest BCUT2D eigenvalue weighted by Gasteiger charge is -2.13. The molecule has 102 valence electrons. The smallest absolute Gasteiger partial charge is 0.132 e. The van der Waals surface area contributed by atoms with E-state index in [0.29, 0.717) is 17.9 Å². The number of nitrogens with zero attached hydrogens (tertiary/aromatic N) is 2. The second-order valence-electron chi connectivity index (χ2n) is 4.46. The van der Waals surface area contributed by atoms with Crippen molar-refractivity contribution in [1.82, 2.24) is 15.1 Å². The molecule has 0 fully saturated rings. The third-order valence-corrected chi connectivity index (χ3v) is 3.03. The number of benzene rings is 1. The molecule has 0 amide bonds. The average molecular weight is 263 g/mol. The summed E-state index contributed by atoms with van der Waals surface area (Å²) in [5.41, 5.74) is 1.45. The normalized spacial score (nSPS) is 12.4. The Kier molecular flexibility index (Phi) is 4.16. The van der Waals surface area contributed by atoms with Crippen molar-refractivity contribution in [2.45, 2.75) is 19.6 Å². The molecule has 0 saturated carbocycles. The van der Waals surface area contributed by atoms with E-state index in [9.17, 15) is 4.39 Å². The van der Waals surface area contributed by atoms with Crippen molar-refractivity contribution < 1.29 is 9.13 Å². The van der Waals surface area contributed by atoms with Crippen molar-refractivity contribution in [3.63, 3.8) is 0 Å². The minimum Gasteiger partial charge on any atom is -0.487 e. The molecule has 0 radical (unpaired) electrons. The van der Waals surface area contributed by atoms with E-state index in [1.807, 2.05) is 26.2 Å². The van der Waals surface area contributed by atoms with Crippen LogP contribution in [0.15, 0.2) is 30.5 Å². The molecular weight excluding hydrogens is 245 g/mol. The molecule has 0 saturated heterocycles. The van der Waals surface area contributed by atoms with E-state index in [1.54, 1.807) is 23.9 Å². The van der Waals surface area contributed by atoms with Crippen molar-refractivity contribution in [3.8, 4) is 5.75 Å². The Morgan fingerprint density at radius 3 is 2.79 bits per heavy atom. The van der Waals surface area contributed by atoms with E-state index in [2.05, 4.69) is 10.4 Å². The number of rotatable bonds is 5. The number of aromatic nitrogens is 2. The summed E-state index contributed by atoms with van der Waals surface area (Å²) in [5.74, 6) is 0.246. The largest absolute Gasteiger partial charge is 0.487 e. The van der Waals surface area contributed by atoms with Crippen molar-refractivity contribution in [3.05, 3.63) is 47.5 Å². The fourth-order valence-electron chi connectivity index (χ4n) is 1.80. The van der Waals surface area contributed by atoms with Gasteiger partial charge in [0.05, 0.1) is 5.69 Å². The maximum Gasteiger partial charge on any atom is 0.132 e. The summed E-state index contributed by atoms with van der Waals surface area (Å²) in [6, 6.07) is 6.77. The van der Waals surface area contributed by atoms with Crippen LogP contribution in [0.25, 0.3) is 0 Å². The van der Waals surface area contributed by atoms with E-state index in [-0.39, 0.29) is 11.9 Å². The summed E-state index contributed by atoms with van der Waals surface area (Å²) in [5, 5.41) is 7.20. The minimum atomic E-state index is -0.264. The number of hydrogen-bond donors (Lipinski definition) is 1. The van der Waals surface area contributed by atoms with Crippen LogP contribution < -0.4 is 10.1 Å².